The van der Waals surface area contributed by atoms with Crippen molar-refractivity contribution in [3.63, 3.8) is 0 Å². The maximum Gasteiger partial charge on any atom is 0.271 e. The predicted molar refractivity (Wildman–Crippen MR) is 108 cm³/mol. The van der Waals surface area contributed by atoms with E-state index < -0.39 is 6.10 Å². The fraction of sp³-hybridized carbons (Fsp3) is 0.429. The smallest absolute Gasteiger partial charge is 0.271 e. The van der Waals surface area contributed by atoms with Gasteiger partial charge in [0.05, 0.1) is 24.9 Å². The summed E-state index contributed by atoms with van der Waals surface area (Å²) in [7, 11) is 0. The van der Waals surface area contributed by atoms with Crippen LogP contribution in [0.4, 0.5) is 0 Å². The highest BCUT2D eigenvalue weighted by molar-refractivity contribution is 5.95. The molecule has 31 heavy (non-hydrogen) atoms. The lowest BCUT2D eigenvalue weighted by molar-refractivity contribution is -0.0893. The number of carbonyl (C=O) groups is 2. The first kappa shape index (κ1) is 21.0. The van der Waals surface area contributed by atoms with Crippen molar-refractivity contribution in [3.05, 3.63) is 48.0 Å². The Morgan fingerprint density at radius 2 is 2.00 bits per heavy atom. The number of benzene rings is 1. The Morgan fingerprint density at radius 1 is 1.13 bits per heavy atom. The SMILES string of the molecule is O=C(N[C@H]1CC[C@@H](CCNC(=O)c2cnccn2)O[C@@H]1CO)c1ccc2c(c1)OCO2. The number of hydrogen-bond donors (Lipinski definition) is 3. The average molecular weight is 428 g/mol. The van der Waals surface area contributed by atoms with E-state index in [2.05, 4.69) is 20.6 Å². The summed E-state index contributed by atoms with van der Waals surface area (Å²) in [6, 6.07) is 4.69. The van der Waals surface area contributed by atoms with Crippen molar-refractivity contribution in [2.75, 3.05) is 19.9 Å². The van der Waals surface area contributed by atoms with Crippen molar-refractivity contribution < 1.29 is 28.9 Å². The molecule has 2 aliphatic rings. The molecule has 10 heteroatoms. The quantitative estimate of drug-likeness (QED) is 0.586. The zero-order valence-corrected chi connectivity index (χ0v) is 16.8. The van der Waals surface area contributed by atoms with Crippen LogP contribution in [-0.4, -0.2) is 65.1 Å². The predicted octanol–water partition coefficient (Wildman–Crippen LogP) is 0.664. The molecule has 0 radical (unpaired) electrons. The first-order valence-corrected chi connectivity index (χ1v) is 10.1. The van der Waals surface area contributed by atoms with Gasteiger partial charge in [-0.3, -0.25) is 14.6 Å². The standard InChI is InChI=1S/C21H24N4O6/c26-11-19-15(25-20(27)13-1-4-17-18(9-13)30-12-29-17)3-2-14(31-19)5-6-24-21(28)16-10-22-7-8-23-16/h1,4,7-10,14-15,19,26H,2-3,5-6,11-12H2,(H,24,28)(H,25,27)/t14-,15-,19+/m0/s1. The molecule has 3 heterocycles. The Hall–Kier alpha value is -3.24. The van der Waals surface area contributed by atoms with Gasteiger partial charge in [0.15, 0.2) is 11.5 Å². The van der Waals surface area contributed by atoms with Gasteiger partial charge in [0.25, 0.3) is 11.8 Å². The molecule has 2 aliphatic heterocycles. The van der Waals surface area contributed by atoms with Gasteiger partial charge >= 0.3 is 0 Å². The van der Waals surface area contributed by atoms with E-state index >= 15 is 0 Å². The summed E-state index contributed by atoms with van der Waals surface area (Å²) in [5, 5.41) is 15.5. The second-order valence-corrected chi connectivity index (χ2v) is 7.34. The third-order valence-corrected chi connectivity index (χ3v) is 5.29. The largest absolute Gasteiger partial charge is 0.454 e. The molecule has 0 unspecified atom stereocenters. The lowest BCUT2D eigenvalue weighted by atomic mass is 9.96. The third kappa shape index (κ3) is 5.09. The Labute approximate surface area is 178 Å². The van der Waals surface area contributed by atoms with Crippen LogP contribution in [0.2, 0.25) is 0 Å². The first-order valence-electron chi connectivity index (χ1n) is 10.1. The monoisotopic (exact) mass is 428 g/mol. The maximum atomic E-state index is 12.6. The van der Waals surface area contributed by atoms with Gasteiger partial charge in [-0.2, -0.15) is 0 Å². The maximum absolute atomic E-state index is 12.6. The van der Waals surface area contributed by atoms with E-state index in [1.54, 1.807) is 18.2 Å². The van der Waals surface area contributed by atoms with Gasteiger partial charge in [0.2, 0.25) is 6.79 Å². The Bertz CT molecular complexity index is 925. The van der Waals surface area contributed by atoms with Crippen molar-refractivity contribution >= 4 is 11.8 Å². The van der Waals surface area contributed by atoms with Gasteiger partial charge in [0, 0.05) is 24.5 Å². The molecule has 4 rings (SSSR count). The molecule has 1 aromatic heterocycles. The van der Waals surface area contributed by atoms with Crippen molar-refractivity contribution in [2.24, 2.45) is 0 Å². The van der Waals surface area contributed by atoms with E-state index in [1.165, 1.54) is 18.6 Å². The summed E-state index contributed by atoms with van der Waals surface area (Å²) < 4.78 is 16.5. The lowest BCUT2D eigenvalue weighted by Crippen LogP contribution is -2.51. The second kappa shape index (κ2) is 9.71. The van der Waals surface area contributed by atoms with Crippen LogP contribution in [0.15, 0.2) is 36.8 Å². The van der Waals surface area contributed by atoms with Crippen LogP contribution in [0, 0.1) is 0 Å². The number of rotatable bonds is 7. The van der Waals surface area contributed by atoms with Gasteiger partial charge < -0.3 is 30.0 Å². The lowest BCUT2D eigenvalue weighted by Gasteiger charge is -2.36. The number of aliphatic hydroxyl groups excluding tert-OH is 1. The van der Waals surface area contributed by atoms with E-state index in [0.29, 0.717) is 42.9 Å². The Kier molecular flexibility index (Phi) is 6.58. The fourth-order valence-electron chi connectivity index (χ4n) is 3.65. The molecular weight excluding hydrogens is 404 g/mol. The van der Waals surface area contributed by atoms with E-state index in [4.69, 9.17) is 14.2 Å². The third-order valence-electron chi connectivity index (χ3n) is 5.29. The highest BCUT2D eigenvalue weighted by atomic mass is 16.7. The van der Waals surface area contributed by atoms with Crippen molar-refractivity contribution in [3.8, 4) is 11.5 Å². The van der Waals surface area contributed by atoms with Gasteiger partial charge in [-0.15, -0.1) is 0 Å². The van der Waals surface area contributed by atoms with Crippen molar-refractivity contribution in [1.29, 1.82) is 0 Å². The number of aliphatic hydroxyl groups is 1. The fourth-order valence-corrected chi connectivity index (χ4v) is 3.65. The summed E-state index contributed by atoms with van der Waals surface area (Å²) in [5.74, 6) is 0.589. The van der Waals surface area contributed by atoms with Gasteiger partial charge in [-0.05, 0) is 37.5 Å². The molecule has 164 valence electrons. The van der Waals surface area contributed by atoms with E-state index in [9.17, 15) is 14.7 Å². The van der Waals surface area contributed by atoms with Crippen LogP contribution >= 0.6 is 0 Å². The van der Waals surface area contributed by atoms with Gasteiger partial charge in [0.1, 0.15) is 11.8 Å². The van der Waals surface area contributed by atoms with Crippen LogP contribution in [0.3, 0.4) is 0 Å². The zero-order valence-electron chi connectivity index (χ0n) is 16.8. The molecule has 2 amide bonds. The van der Waals surface area contributed by atoms with Gasteiger partial charge in [-0.25, -0.2) is 4.98 Å². The number of nitrogens with zero attached hydrogens (tertiary/aromatic N) is 2. The van der Waals surface area contributed by atoms with Crippen LogP contribution in [0.25, 0.3) is 0 Å². The molecule has 10 nitrogen and oxygen atoms in total. The molecule has 1 fully saturated rings. The Morgan fingerprint density at radius 3 is 2.81 bits per heavy atom. The summed E-state index contributed by atoms with van der Waals surface area (Å²) in [4.78, 5) is 32.5. The van der Waals surface area contributed by atoms with E-state index in [0.717, 1.165) is 0 Å². The topological polar surface area (TPSA) is 132 Å². The highest BCUT2D eigenvalue weighted by Crippen LogP contribution is 2.32. The minimum absolute atomic E-state index is 0.127. The molecule has 0 spiro atoms. The van der Waals surface area contributed by atoms with Crippen molar-refractivity contribution in [1.82, 2.24) is 20.6 Å². The van der Waals surface area contributed by atoms with Crippen molar-refractivity contribution in [2.45, 2.75) is 37.5 Å². The summed E-state index contributed by atoms with van der Waals surface area (Å²) in [5.41, 5.74) is 0.710. The molecule has 3 atom stereocenters. The molecule has 0 saturated carbocycles. The summed E-state index contributed by atoms with van der Waals surface area (Å²) in [6.45, 7) is 0.338. The number of amides is 2. The summed E-state index contributed by atoms with van der Waals surface area (Å²) >= 11 is 0. The van der Waals surface area contributed by atoms with Gasteiger partial charge in [-0.1, -0.05) is 0 Å². The minimum Gasteiger partial charge on any atom is -0.454 e. The molecule has 2 aromatic rings. The molecule has 0 aliphatic carbocycles. The van der Waals surface area contributed by atoms with Crippen LogP contribution in [0.1, 0.15) is 40.1 Å². The molecule has 0 bridgehead atoms. The molecular formula is C21H24N4O6. The van der Waals surface area contributed by atoms with Crippen LogP contribution in [0.5, 0.6) is 11.5 Å². The number of aromatic nitrogens is 2. The van der Waals surface area contributed by atoms with E-state index in [-0.39, 0.29) is 43.1 Å². The second-order valence-electron chi connectivity index (χ2n) is 7.34. The van der Waals surface area contributed by atoms with E-state index in [1.807, 2.05) is 0 Å². The average Bonchev–Trinajstić information content (AvgIpc) is 3.28. The number of ether oxygens (including phenoxy) is 3. The molecule has 1 aromatic carbocycles. The number of carbonyl (C=O) groups excluding carboxylic acids is 2. The minimum atomic E-state index is -0.521. The molecule has 3 N–H and O–H groups in total. The number of hydrogen-bond acceptors (Lipinski definition) is 8. The highest BCUT2D eigenvalue weighted by Gasteiger charge is 2.32. The number of nitrogens with one attached hydrogen (secondary N) is 2. The molecule has 1 saturated heterocycles. The normalized spacial score (nSPS) is 22.0. The first-order chi connectivity index (χ1) is 15.1. The van der Waals surface area contributed by atoms with Crippen LogP contribution < -0.4 is 20.1 Å². The summed E-state index contributed by atoms with van der Waals surface area (Å²) in [6.07, 6.45) is 5.67. The zero-order chi connectivity index (χ0) is 21.6. The number of fused-ring (bicyclic) bond motifs is 1. The van der Waals surface area contributed by atoms with Crippen LogP contribution in [-0.2, 0) is 4.74 Å². The Balaban J connectivity index is 1.25.